The van der Waals surface area contributed by atoms with Crippen molar-refractivity contribution >= 4 is 6.08 Å². The van der Waals surface area contributed by atoms with Crippen LogP contribution < -0.4 is 14.8 Å². The highest BCUT2D eigenvalue weighted by molar-refractivity contribution is 5.64. The molecule has 1 aliphatic heterocycles. The number of methoxy groups -OCH3 is 1. The average Bonchev–Trinajstić information content (AvgIpc) is 2.76. The predicted molar refractivity (Wildman–Crippen MR) is 79.0 cm³/mol. The first-order valence-corrected chi connectivity index (χ1v) is 6.89. The molecule has 1 heterocycles. The number of likely N-dealkylation sites (N-methyl/N-ethyl adjacent to an activating group) is 1. The van der Waals surface area contributed by atoms with Crippen molar-refractivity contribution in [3.05, 3.63) is 28.8 Å². The Morgan fingerprint density at radius 1 is 1.53 bits per heavy atom. The first kappa shape index (κ1) is 13.9. The van der Waals surface area contributed by atoms with Crippen molar-refractivity contribution in [2.45, 2.75) is 32.8 Å². The van der Waals surface area contributed by atoms with Gasteiger partial charge in [-0.1, -0.05) is 18.6 Å². The van der Waals surface area contributed by atoms with E-state index in [-0.39, 0.29) is 6.10 Å². The van der Waals surface area contributed by atoms with E-state index >= 15 is 0 Å². The second-order valence-electron chi connectivity index (χ2n) is 5.02. The summed E-state index contributed by atoms with van der Waals surface area (Å²) in [6.07, 6.45) is 4.45. The van der Waals surface area contributed by atoms with E-state index in [0.717, 1.165) is 36.4 Å². The topological polar surface area (TPSA) is 30.5 Å². The number of hydrogen-bond donors (Lipinski definition) is 1. The van der Waals surface area contributed by atoms with Crippen molar-refractivity contribution < 1.29 is 9.47 Å². The Balaban J connectivity index is 2.37. The molecule has 0 amide bonds. The molecule has 0 saturated heterocycles. The highest BCUT2D eigenvalue weighted by Gasteiger charge is 2.21. The molecule has 1 unspecified atom stereocenters. The lowest BCUT2D eigenvalue weighted by molar-refractivity contribution is 0.254. The molecule has 0 aliphatic carbocycles. The SMILES string of the molecule is CC/C(=C/c1cc2c(cc1OC)CC(C)O2)CNC. The summed E-state index contributed by atoms with van der Waals surface area (Å²) in [7, 11) is 3.69. The summed E-state index contributed by atoms with van der Waals surface area (Å²) in [5, 5.41) is 3.20. The Morgan fingerprint density at radius 2 is 2.32 bits per heavy atom. The minimum absolute atomic E-state index is 0.266. The summed E-state index contributed by atoms with van der Waals surface area (Å²) < 4.78 is 11.3. The zero-order valence-electron chi connectivity index (χ0n) is 12.2. The van der Waals surface area contributed by atoms with Crippen LogP contribution in [0.3, 0.4) is 0 Å². The zero-order chi connectivity index (χ0) is 13.8. The largest absolute Gasteiger partial charge is 0.496 e. The number of rotatable bonds is 5. The summed E-state index contributed by atoms with van der Waals surface area (Å²) in [5.74, 6) is 1.93. The maximum absolute atomic E-state index is 5.82. The molecule has 1 aromatic carbocycles. The Morgan fingerprint density at radius 3 is 2.95 bits per heavy atom. The van der Waals surface area contributed by atoms with Crippen molar-refractivity contribution in [1.29, 1.82) is 0 Å². The Hall–Kier alpha value is -1.48. The molecule has 0 bridgehead atoms. The van der Waals surface area contributed by atoms with Gasteiger partial charge >= 0.3 is 0 Å². The van der Waals surface area contributed by atoms with Crippen LogP contribution in [0.4, 0.5) is 0 Å². The fourth-order valence-electron chi connectivity index (χ4n) is 2.47. The number of nitrogens with one attached hydrogen (secondary N) is 1. The third kappa shape index (κ3) is 3.10. The van der Waals surface area contributed by atoms with E-state index in [1.165, 1.54) is 11.1 Å². The van der Waals surface area contributed by atoms with Crippen LogP contribution >= 0.6 is 0 Å². The highest BCUT2D eigenvalue weighted by atomic mass is 16.5. The molecule has 3 nitrogen and oxygen atoms in total. The van der Waals surface area contributed by atoms with Crippen LogP contribution in [0.2, 0.25) is 0 Å². The Bertz CT molecular complexity index is 480. The maximum Gasteiger partial charge on any atom is 0.126 e. The van der Waals surface area contributed by atoms with Crippen LogP contribution in [0, 0.1) is 0 Å². The molecular weight excluding hydrogens is 238 g/mol. The molecule has 19 heavy (non-hydrogen) atoms. The van der Waals surface area contributed by atoms with Gasteiger partial charge in [0, 0.05) is 24.1 Å². The average molecular weight is 261 g/mol. The zero-order valence-corrected chi connectivity index (χ0v) is 12.2. The number of ether oxygens (including phenoxy) is 2. The van der Waals surface area contributed by atoms with Crippen molar-refractivity contribution in [2.24, 2.45) is 0 Å². The van der Waals surface area contributed by atoms with Gasteiger partial charge in [0.25, 0.3) is 0 Å². The lowest BCUT2D eigenvalue weighted by Crippen LogP contribution is -2.09. The van der Waals surface area contributed by atoms with E-state index in [0.29, 0.717) is 0 Å². The van der Waals surface area contributed by atoms with Gasteiger partial charge in [0.05, 0.1) is 7.11 Å². The molecule has 0 radical (unpaired) electrons. The summed E-state index contributed by atoms with van der Waals surface area (Å²) in [5.41, 5.74) is 3.70. The highest BCUT2D eigenvalue weighted by Crippen LogP contribution is 2.36. The molecule has 0 fully saturated rings. The van der Waals surface area contributed by atoms with Gasteiger partial charge in [-0.15, -0.1) is 0 Å². The van der Waals surface area contributed by atoms with Gasteiger partial charge in [-0.3, -0.25) is 0 Å². The van der Waals surface area contributed by atoms with Crippen molar-refractivity contribution in [3.8, 4) is 11.5 Å². The van der Waals surface area contributed by atoms with Crippen LogP contribution in [-0.4, -0.2) is 26.8 Å². The van der Waals surface area contributed by atoms with Gasteiger partial charge in [-0.05, 0) is 32.5 Å². The molecule has 0 aromatic heterocycles. The van der Waals surface area contributed by atoms with Gasteiger partial charge in [-0.2, -0.15) is 0 Å². The minimum Gasteiger partial charge on any atom is -0.496 e. The third-order valence-electron chi connectivity index (χ3n) is 3.47. The van der Waals surface area contributed by atoms with E-state index in [9.17, 15) is 0 Å². The molecule has 0 saturated carbocycles. The molecule has 1 aliphatic rings. The van der Waals surface area contributed by atoms with Gasteiger partial charge in [0.1, 0.15) is 17.6 Å². The number of benzene rings is 1. The smallest absolute Gasteiger partial charge is 0.126 e. The fraction of sp³-hybridized carbons (Fsp3) is 0.500. The Labute approximate surface area is 115 Å². The molecule has 1 atom stereocenters. The minimum atomic E-state index is 0.266. The number of fused-ring (bicyclic) bond motifs is 1. The molecule has 3 heteroatoms. The maximum atomic E-state index is 5.82. The summed E-state index contributed by atoms with van der Waals surface area (Å²) in [6.45, 7) is 5.16. The van der Waals surface area contributed by atoms with E-state index in [4.69, 9.17) is 9.47 Å². The summed E-state index contributed by atoms with van der Waals surface area (Å²) in [6, 6.07) is 4.21. The standard InChI is InChI=1S/C16H23NO2/c1-5-12(10-17-3)7-14-9-16-13(6-11(2)19-16)8-15(14)18-4/h7-9,11,17H,5-6,10H2,1-4H3/b12-7-. The first-order valence-electron chi connectivity index (χ1n) is 6.89. The first-order chi connectivity index (χ1) is 9.17. The molecule has 2 rings (SSSR count). The van der Waals surface area contributed by atoms with E-state index in [2.05, 4.69) is 37.4 Å². The lowest BCUT2D eigenvalue weighted by Gasteiger charge is -2.10. The predicted octanol–water partition coefficient (Wildman–Crippen LogP) is 3.03. The summed E-state index contributed by atoms with van der Waals surface area (Å²) >= 11 is 0. The quantitative estimate of drug-likeness (QED) is 0.883. The summed E-state index contributed by atoms with van der Waals surface area (Å²) in [4.78, 5) is 0. The van der Waals surface area contributed by atoms with Gasteiger partial charge in [0.2, 0.25) is 0 Å². The second-order valence-corrected chi connectivity index (χ2v) is 5.02. The van der Waals surface area contributed by atoms with Gasteiger partial charge < -0.3 is 14.8 Å². The normalized spacial score (nSPS) is 18.1. The molecule has 0 spiro atoms. The second kappa shape index (κ2) is 6.11. The van der Waals surface area contributed by atoms with Crippen LogP contribution in [0.15, 0.2) is 17.7 Å². The molecule has 1 N–H and O–H groups in total. The van der Waals surface area contributed by atoms with E-state index < -0.39 is 0 Å². The Kier molecular flexibility index (Phi) is 4.48. The van der Waals surface area contributed by atoms with Gasteiger partial charge in [0.15, 0.2) is 0 Å². The molecule has 104 valence electrons. The van der Waals surface area contributed by atoms with Crippen LogP contribution in [0.1, 0.15) is 31.4 Å². The van der Waals surface area contributed by atoms with Crippen LogP contribution in [-0.2, 0) is 6.42 Å². The van der Waals surface area contributed by atoms with E-state index in [1.54, 1.807) is 7.11 Å². The molecule has 1 aromatic rings. The lowest BCUT2D eigenvalue weighted by atomic mass is 10.0. The monoisotopic (exact) mass is 261 g/mol. The van der Waals surface area contributed by atoms with Crippen molar-refractivity contribution in [3.63, 3.8) is 0 Å². The number of hydrogen-bond acceptors (Lipinski definition) is 3. The fourth-order valence-corrected chi connectivity index (χ4v) is 2.47. The van der Waals surface area contributed by atoms with Crippen LogP contribution in [0.5, 0.6) is 11.5 Å². The van der Waals surface area contributed by atoms with Crippen LogP contribution in [0.25, 0.3) is 6.08 Å². The molecular formula is C16H23NO2. The van der Waals surface area contributed by atoms with Gasteiger partial charge in [-0.25, -0.2) is 0 Å². The third-order valence-corrected chi connectivity index (χ3v) is 3.47. The van der Waals surface area contributed by atoms with Crippen molar-refractivity contribution in [2.75, 3.05) is 20.7 Å². The van der Waals surface area contributed by atoms with E-state index in [1.807, 2.05) is 7.05 Å². The van der Waals surface area contributed by atoms with Crippen molar-refractivity contribution in [1.82, 2.24) is 5.32 Å².